The number of hydrogen-bond donors (Lipinski definition) is 0. The Morgan fingerprint density at radius 2 is 1.85 bits per heavy atom. The number of anilines is 1. The van der Waals surface area contributed by atoms with Gasteiger partial charge in [-0.2, -0.15) is 13.2 Å². The molecule has 9 heteroatoms. The molecule has 1 amide bonds. The minimum absolute atomic E-state index is 0.00926. The molecular formula is C24H25F3N4O2. The average Bonchev–Trinajstić information content (AvgIpc) is 3.28. The van der Waals surface area contributed by atoms with E-state index in [-0.39, 0.29) is 30.1 Å². The molecule has 2 saturated heterocycles. The number of benzene rings is 1. The quantitative estimate of drug-likeness (QED) is 0.561. The van der Waals surface area contributed by atoms with Crippen LogP contribution in [0.3, 0.4) is 0 Å². The van der Waals surface area contributed by atoms with Gasteiger partial charge in [-0.25, -0.2) is 9.97 Å². The number of alkyl halides is 3. The van der Waals surface area contributed by atoms with Gasteiger partial charge in [-0.1, -0.05) is 12.1 Å². The van der Waals surface area contributed by atoms with E-state index in [0.29, 0.717) is 38.4 Å². The average molecular weight is 458 g/mol. The number of pyridine rings is 1. The lowest BCUT2D eigenvalue weighted by Gasteiger charge is -2.38. The Bertz CT molecular complexity index is 1110. The van der Waals surface area contributed by atoms with Gasteiger partial charge in [0, 0.05) is 32.4 Å². The number of carbonyl (C=O) groups excluding carboxylic acids is 1. The zero-order chi connectivity index (χ0) is 23.0. The van der Waals surface area contributed by atoms with E-state index in [1.165, 1.54) is 12.3 Å². The van der Waals surface area contributed by atoms with Gasteiger partial charge in [0.2, 0.25) is 5.91 Å². The van der Waals surface area contributed by atoms with Crippen LogP contribution in [-0.4, -0.2) is 47.0 Å². The fraction of sp³-hybridized carbons (Fsp3) is 0.458. The maximum atomic E-state index is 13.5. The molecule has 0 N–H and O–H groups in total. The van der Waals surface area contributed by atoms with Gasteiger partial charge in [0.05, 0.1) is 17.4 Å². The first-order valence-electron chi connectivity index (χ1n) is 11.3. The highest BCUT2D eigenvalue weighted by Crippen LogP contribution is 2.37. The Labute approximate surface area is 189 Å². The Hall–Kier alpha value is -3.10. The lowest BCUT2D eigenvalue weighted by atomic mass is 9.92. The molecule has 2 atom stereocenters. The van der Waals surface area contributed by atoms with Crippen molar-refractivity contribution in [1.29, 1.82) is 0 Å². The smallest absolute Gasteiger partial charge is 0.419 e. The maximum absolute atomic E-state index is 13.5. The van der Waals surface area contributed by atoms with Crippen molar-refractivity contribution >= 4 is 22.8 Å². The third-order valence-electron chi connectivity index (χ3n) is 6.55. The maximum Gasteiger partial charge on any atom is 0.419 e. The van der Waals surface area contributed by atoms with Gasteiger partial charge in [0.1, 0.15) is 11.3 Å². The van der Waals surface area contributed by atoms with Crippen molar-refractivity contribution in [2.75, 3.05) is 31.1 Å². The van der Waals surface area contributed by atoms with Gasteiger partial charge in [-0.15, -0.1) is 0 Å². The monoisotopic (exact) mass is 458 g/mol. The molecule has 2 aliphatic rings. The molecule has 0 aliphatic carbocycles. The molecule has 2 fully saturated rings. The molecule has 33 heavy (non-hydrogen) atoms. The van der Waals surface area contributed by atoms with Gasteiger partial charge < -0.3 is 14.2 Å². The number of aromatic nitrogens is 2. The number of piperidine rings is 2. The minimum Gasteiger partial charge on any atom is -0.440 e. The van der Waals surface area contributed by atoms with Gasteiger partial charge in [0.15, 0.2) is 11.5 Å². The zero-order valence-corrected chi connectivity index (χ0v) is 18.1. The van der Waals surface area contributed by atoms with Crippen molar-refractivity contribution in [3.05, 3.63) is 54.0 Å². The van der Waals surface area contributed by atoms with Crippen molar-refractivity contribution in [2.45, 2.75) is 37.8 Å². The summed E-state index contributed by atoms with van der Waals surface area (Å²) in [6, 6.07) is 9.92. The summed E-state index contributed by atoms with van der Waals surface area (Å²) >= 11 is 0. The first kappa shape index (κ1) is 21.7. The van der Waals surface area contributed by atoms with Crippen LogP contribution in [0.2, 0.25) is 0 Å². The van der Waals surface area contributed by atoms with Gasteiger partial charge in [0.25, 0.3) is 0 Å². The van der Waals surface area contributed by atoms with Crippen LogP contribution in [0, 0.1) is 5.92 Å². The van der Waals surface area contributed by atoms with Crippen LogP contribution < -0.4 is 4.90 Å². The SMILES string of the molecule is O=C(C1CCCN(c2ncccc2C(F)(F)F)C1)N1CCCC(c2nc3ccccc3o2)C1. The molecule has 6 nitrogen and oxygen atoms in total. The topological polar surface area (TPSA) is 62.5 Å². The third kappa shape index (κ3) is 4.41. The van der Waals surface area contributed by atoms with E-state index in [0.717, 1.165) is 30.0 Å². The highest BCUT2D eigenvalue weighted by molar-refractivity contribution is 5.80. The van der Waals surface area contributed by atoms with E-state index in [9.17, 15) is 18.0 Å². The zero-order valence-electron chi connectivity index (χ0n) is 18.1. The van der Waals surface area contributed by atoms with Crippen LogP contribution in [0.5, 0.6) is 0 Å². The van der Waals surface area contributed by atoms with E-state index in [1.807, 2.05) is 29.2 Å². The summed E-state index contributed by atoms with van der Waals surface area (Å²) < 4.78 is 46.4. The Morgan fingerprint density at radius 3 is 2.67 bits per heavy atom. The fourth-order valence-corrected chi connectivity index (χ4v) is 4.94. The van der Waals surface area contributed by atoms with Gasteiger partial charge >= 0.3 is 6.18 Å². The van der Waals surface area contributed by atoms with E-state index >= 15 is 0 Å². The first-order valence-corrected chi connectivity index (χ1v) is 11.3. The second kappa shape index (κ2) is 8.68. The summed E-state index contributed by atoms with van der Waals surface area (Å²) in [7, 11) is 0. The lowest BCUT2D eigenvalue weighted by molar-refractivity contribution is -0.137. The van der Waals surface area contributed by atoms with Crippen LogP contribution in [-0.2, 0) is 11.0 Å². The van der Waals surface area contributed by atoms with Crippen LogP contribution in [0.25, 0.3) is 11.1 Å². The number of nitrogens with zero attached hydrogens (tertiary/aromatic N) is 4. The highest BCUT2D eigenvalue weighted by Gasteiger charge is 2.38. The lowest BCUT2D eigenvalue weighted by Crippen LogP contribution is -2.48. The normalized spacial score (nSPS) is 22.0. The Kier molecular flexibility index (Phi) is 5.72. The molecule has 3 aromatic rings. The molecule has 2 unspecified atom stereocenters. The molecular weight excluding hydrogens is 433 g/mol. The largest absolute Gasteiger partial charge is 0.440 e. The summed E-state index contributed by atoms with van der Waals surface area (Å²) in [5.74, 6) is 0.199. The molecule has 1 aromatic carbocycles. The van der Waals surface area contributed by atoms with E-state index in [4.69, 9.17) is 4.42 Å². The molecule has 4 heterocycles. The summed E-state index contributed by atoms with van der Waals surface area (Å²) in [6.07, 6.45) is -0.0909. The summed E-state index contributed by atoms with van der Waals surface area (Å²) in [6.45, 7) is 1.85. The van der Waals surface area contributed by atoms with Crippen molar-refractivity contribution < 1.29 is 22.4 Å². The number of oxazole rings is 1. The van der Waals surface area contributed by atoms with Crippen LogP contribution in [0.15, 0.2) is 47.0 Å². The number of likely N-dealkylation sites (tertiary alicyclic amines) is 1. The van der Waals surface area contributed by atoms with E-state index in [1.54, 1.807) is 4.90 Å². The standard InChI is InChI=1S/C24H25F3N4O2/c25-24(26,27)18-8-3-11-28-21(18)30-12-5-7-17(15-30)23(32)31-13-4-6-16(14-31)22-29-19-9-1-2-10-20(19)33-22/h1-3,8-11,16-17H,4-7,12-15H2. The minimum atomic E-state index is -4.49. The highest BCUT2D eigenvalue weighted by atomic mass is 19.4. The summed E-state index contributed by atoms with van der Waals surface area (Å²) in [4.78, 5) is 25.4. The summed E-state index contributed by atoms with van der Waals surface area (Å²) in [5.41, 5.74) is 0.775. The second-order valence-corrected chi connectivity index (χ2v) is 8.80. The fourth-order valence-electron chi connectivity index (χ4n) is 4.94. The number of rotatable bonds is 3. The summed E-state index contributed by atoms with van der Waals surface area (Å²) in [5, 5.41) is 0. The molecule has 0 saturated carbocycles. The number of para-hydroxylation sites is 2. The molecule has 5 rings (SSSR count). The van der Waals surface area contributed by atoms with Gasteiger partial charge in [-0.3, -0.25) is 4.79 Å². The Morgan fingerprint density at radius 1 is 1.03 bits per heavy atom. The van der Waals surface area contributed by atoms with Crippen LogP contribution in [0.1, 0.15) is 43.1 Å². The molecule has 0 spiro atoms. The molecule has 2 aliphatic heterocycles. The van der Waals surface area contributed by atoms with Gasteiger partial charge in [-0.05, 0) is 49.9 Å². The van der Waals surface area contributed by atoms with Crippen molar-refractivity contribution in [2.24, 2.45) is 5.92 Å². The van der Waals surface area contributed by atoms with Crippen LogP contribution >= 0.6 is 0 Å². The van der Waals surface area contributed by atoms with Crippen LogP contribution in [0.4, 0.5) is 19.0 Å². The van der Waals surface area contributed by atoms with E-state index < -0.39 is 11.7 Å². The predicted molar refractivity (Wildman–Crippen MR) is 117 cm³/mol. The molecule has 174 valence electrons. The number of hydrogen-bond acceptors (Lipinski definition) is 5. The molecule has 2 aromatic heterocycles. The van der Waals surface area contributed by atoms with E-state index in [2.05, 4.69) is 9.97 Å². The van der Waals surface area contributed by atoms with Crippen molar-refractivity contribution in [3.63, 3.8) is 0 Å². The number of amides is 1. The molecule has 0 radical (unpaired) electrons. The third-order valence-corrected chi connectivity index (χ3v) is 6.55. The number of halogens is 3. The number of fused-ring (bicyclic) bond motifs is 1. The first-order chi connectivity index (χ1) is 15.9. The van der Waals surface area contributed by atoms with Crippen molar-refractivity contribution in [1.82, 2.24) is 14.9 Å². The second-order valence-electron chi connectivity index (χ2n) is 8.80. The Balaban J connectivity index is 1.30. The number of carbonyl (C=O) groups is 1. The molecule has 0 bridgehead atoms. The van der Waals surface area contributed by atoms with Crippen molar-refractivity contribution in [3.8, 4) is 0 Å². The predicted octanol–water partition coefficient (Wildman–Crippen LogP) is 4.86.